The van der Waals surface area contributed by atoms with E-state index in [-0.39, 0.29) is 18.4 Å². The van der Waals surface area contributed by atoms with Gasteiger partial charge in [0.25, 0.3) is 11.8 Å². The molecule has 1 fully saturated rings. The van der Waals surface area contributed by atoms with Crippen LogP contribution in [0, 0.1) is 0 Å². The Morgan fingerprint density at radius 1 is 1.09 bits per heavy atom. The molecule has 0 saturated carbocycles. The Hall–Kier alpha value is -3.56. The van der Waals surface area contributed by atoms with Crippen molar-refractivity contribution in [2.45, 2.75) is 6.92 Å². The highest BCUT2D eigenvalue weighted by Crippen LogP contribution is 2.31. The van der Waals surface area contributed by atoms with Gasteiger partial charge in [0.1, 0.15) is 11.5 Å². The van der Waals surface area contributed by atoms with Crippen molar-refractivity contribution in [3.8, 4) is 11.5 Å². The summed E-state index contributed by atoms with van der Waals surface area (Å²) >= 11 is 4.74. The summed E-state index contributed by atoms with van der Waals surface area (Å²) in [6, 6.07) is 21.9. The van der Waals surface area contributed by atoms with Crippen molar-refractivity contribution in [2.75, 3.05) is 18.5 Å². The van der Waals surface area contributed by atoms with E-state index in [9.17, 15) is 9.59 Å². The number of aliphatic imine (C=N–C) groups is 1. The van der Waals surface area contributed by atoms with E-state index in [1.165, 1.54) is 11.8 Å². The normalized spacial score (nSPS) is 15.2. The number of nitrogens with zero attached hydrogens (tertiary/aromatic N) is 1. The fraction of sp³-hybridized carbons (Fsp3) is 0.115. The largest absolute Gasteiger partial charge is 0.494 e. The average molecular weight is 552 g/mol. The lowest BCUT2D eigenvalue weighted by atomic mass is 10.2. The van der Waals surface area contributed by atoms with E-state index < -0.39 is 0 Å². The predicted octanol–water partition coefficient (Wildman–Crippen LogP) is 5.76. The summed E-state index contributed by atoms with van der Waals surface area (Å²) in [6.07, 6.45) is 1.78. The summed E-state index contributed by atoms with van der Waals surface area (Å²) in [5.74, 6) is 0.827. The van der Waals surface area contributed by atoms with Crippen molar-refractivity contribution < 1.29 is 19.1 Å². The third-order valence-electron chi connectivity index (χ3n) is 4.70. The van der Waals surface area contributed by atoms with Crippen LogP contribution in [-0.4, -0.2) is 30.2 Å². The van der Waals surface area contributed by atoms with Crippen molar-refractivity contribution in [3.05, 3.63) is 87.7 Å². The van der Waals surface area contributed by atoms with Crippen molar-refractivity contribution in [3.63, 3.8) is 0 Å². The molecule has 0 aromatic heterocycles. The highest BCUT2D eigenvalue weighted by atomic mass is 79.9. The van der Waals surface area contributed by atoms with Gasteiger partial charge >= 0.3 is 0 Å². The second kappa shape index (κ2) is 11.7. The van der Waals surface area contributed by atoms with Crippen LogP contribution in [0.25, 0.3) is 6.08 Å². The third kappa shape index (κ3) is 6.97. The maximum Gasteiger partial charge on any atom is 0.264 e. The molecule has 0 atom stereocenters. The Kier molecular flexibility index (Phi) is 8.23. The highest BCUT2D eigenvalue weighted by molar-refractivity contribution is 9.10. The number of thioether (sulfide) groups is 1. The number of anilines is 1. The topological polar surface area (TPSA) is 89.0 Å². The van der Waals surface area contributed by atoms with E-state index in [1.54, 1.807) is 12.1 Å². The predicted molar refractivity (Wildman–Crippen MR) is 143 cm³/mol. The lowest BCUT2D eigenvalue weighted by Gasteiger charge is -2.09. The molecule has 7 nitrogen and oxygen atoms in total. The number of benzene rings is 3. The summed E-state index contributed by atoms with van der Waals surface area (Å²) in [4.78, 5) is 29.5. The standard InChI is InChI=1S/C26H22BrN3O4S/c1-2-33-20-11-9-19(10-12-20)29-26-30-25(32)23(35-26)15-17-8-13-22(21(27)14-17)34-16-24(31)28-18-6-4-3-5-7-18/h3-15H,2,16H2,1H3,(H,28,31)(H,29,30,32)/b23-15+. The first-order chi connectivity index (χ1) is 17.0. The molecule has 9 heteroatoms. The van der Waals surface area contributed by atoms with Crippen LogP contribution in [0.2, 0.25) is 0 Å². The molecule has 35 heavy (non-hydrogen) atoms. The van der Waals surface area contributed by atoms with Crippen LogP contribution in [0.15, 0.2) is 87.2 Å². The van der Waals surface area contributed by atoms with Gasteiger partial charge in [0.2, 0.25) is 0 Å². The number of halogens is 1. The summed E-state index contributed by atoms with van der Waals surface area (Å²) in [6.45, 7) is 2.40. The van der Waals surface area contributed by atoms with E-state index >= 15 is 0 Å². The minimum absolute atomic E-state index is 0.127. The highest BCUT2D eigenvalue weighted by Gasteiger charge is 2.24. The number of rotatable bonds is 8. The zero-order valence-electron chi connectivity index (χ0n) is 18.8. The molecule has 3 aromatic rings. The molecule has 0 bridgehead atoms. The molecule has 0 spiro atoms. The molecule has 1 aliphatic rings. The second-order valence-electron chi connectivity index (χ2n) is 7.30. The molecular weight excluding hydrogens is 530 g/mol. The Morgan fingerprint density at radius 2 is 1.86 bits per heavy atom. The van der Waals surface area contributed by atoms with Crippen molar-refractivity contribution in [2.24, 2.45) is 4.99 Å². The van der Waals surface area contributed by atoms with E-state index in [4.69, 9.17) is 9.47 Å². The molecular formula is C26H22BrN3O4S. The number of hydrogen-bond donors (Lipinski definition) is 2. The van der Waals surface area contributed by atoms with Crippen molar-refractivity contribution in [1.82, 2.24) is 5.32 Å². The van der Waals surface area contributed by atoms with Gasteiger partial charge in [-0.2, -0.15) is 0 Å². The Morgan fingerprint density at radius 3 is 2.57 bits per heavy atom. The minimum atomic E-state index is -0.257. The molecule has 2 N–H and O–H groups in total. The SMILES string of the molecule is CCOc1ccc(N=C2NC(=O)/C(=C\c3ccc(OCC(=O)Nc4ccccc4)c(Br)c3)S2)cc1. The molecule has 0 unspecified atom stereocenters. The van der Waals surface area contributed by atoms with Crippen LogP contribution in [-0.2, 0) is 9.59 Å². The van der Waals surface area contributed by atoms with E-state index in [2.05, 4.69) is 31.6 Å². The number of amidine groups is 1. The fourth-order valence-corrected chi connectivity index (χ4v) is 4.47. The van der Waals surface area contributed by atoms with Crippen molar-refractivity contribution in [1.29, 1.82) is 0 Å². The first-order valence-corrected chi connectivity index (χ1v) is 12.4. The van der Waals surface area contributed by atoms with E-state index in [1.807, 2.05) is 73.7 Å². The molecule has 0 radical (unpaired) electrons. The van der Waals surface area contributed by atoms with Gasteiger partial charge in [-0.3, -0.25) is 9.59 Å². The van der Waals surface area contributed by atoms with Gasteiger partial charge in [-0.05, 0) is 94.8 Å². The summed E-state index contributed by atoms with van der Waals surface area (Å²) in [7, 11) is 0. The van der Waals surface area contributed by atoms with Crippen LogP contribution in [0.4, 0.5) is 11.4 Å². The van der Waals surface area contributed by atoms with Crippen LogP contribution in [0.5, 0.6) is 11.5 Å². The Balaban J connectivity index is 1.37. The molecule has 1 heterocycles. The number of hydrogen-bond acceptors (Lipinski definition) is 6. The zero-order valence-corrected chi connectivity index (χ0v) is 21.2. The van der Waals surface area contributed by atoms with Gasteiger partial charge < -0.3 is 20.1 Å². The van der Waals surface area contributed by atoms with Crippen LogP contribution >= 0.6 is 27.7 Å². The van der Waals surface area contributed by atoms with Gasteiger partial charge in [0.15, 0.2) is 11.8 Å². The quantitative estimate of drug-likeness (QED) is 0.347. The summed E-state index contributed by atoms with van der Waals surface area (Å²) in [5, 5.41) is 6.07. The maximum atomic E-state index is 12.4. The van der Waals surface area contributed by atoms with Gasteiger partial charge in [0.05, 0.1) is 21.7 Å². The summed E-state index contributed by atoms with van der Waals surface area (Å²) in [5.41, 5.74) is 2.23. The molecule has 2 amide bonds. The molecule has 3 aromatic carbocycles. The van der Waals surface area contributed by atoms with Crippen LogP contribution < -0.4 is 20.1 Å². The number of ether oxygens (including phenoxy) is 2. The third-order valence-corrected chi connectivity index (χ3v) is 6.23. The van der Waals surface area contributed by atoms with E-state index in [0.29, 0.717) is 32.6 Å². The second-order valence-corrected chi connectivity index (χ2v) is 9.19. The van der Waals surface area contributed by atoms with Gasteiger partial charge in [-0.15, -0.1) is 0 Å². The fourth-order valence-electron chi connectivity index (χ4n) is 3.12. The molecule has 0 aliphatic carbocycles. The Labute approximate surface area is 215 Å². The molecule has 178 valence electrons. The zero-order chi connectivity index (χ0) is 24.6. The number of amides is 2. The van der Waals surface area contributed by atoms with Gasteiger partial charge in [0, 0.05) is 5.69 Å². The van der Waals surface area contributed by atoms with Gasteiger partial charge in [-0.25, -0.2) is 4.99 Å². The van der Waals surface area contributed by atoms with Crippen LogP contribution in [0.3, 0.4) is 0 Å². The van der Waals surface area contributed by atoms with E-state index in [0.717, 1.165) is 17.0 Å². The van der Waals surface area contributed by atoms with Crippen LogP contribution in [0.1, 0.15) is 12.5 Å². The lowest BCUT2D eigenvalue weighted by Crippen LogP contribution is -2.20. The summed E-state index contributed by atoms with van der Waals surface area (Å²) < 4.78 is 11.7. The lowest BCUT2D eigenvalue weighted by molar-refractivity contribution is -0.118. The van der Waals surface area contributed by atoms with Gasteiger partial charge in [-0.1, -0.05) is 24.3 Å². The first-order valence-electron chi connectivity index (χ1n) is 10.8. The smallest absolute Gasteiger partial charge is 0.264 e. The maximum absolute atomic E-state index is 12.4. The number of carbonyl (C=O) groups is 2. The molecule has 1 aliphatic heterocycles. The average Bonchev–Trinajstić information content (AvgIpc) is 3.19. The Bertz CT molecular complexity index is 1280. The van der Waals surface area contributed by atoms with Crippen molar-refractivity contribution >= 4 is 62.1 Å². The first kappa shape index (κ1) is 24.6. The molecule has 1 saturated heterocycles. The number of para-hydroxylation sites is 1. The number of carbonyl (C=O) groups excluding carboxylic acids is 2. The molecule has 4 rings (SSSR count). The number of nitrogens with one attached hydrogen (secondary N) is 2. The monoisotopic (exact) mass is 551 g/mol. The minimum Gasteiger partial charge on any atom is -0.494 e.